The van der Waals surface area contributed by atoms with Crippen LogP contribution in [0.15, 0.2) is 54.6 Å². The van der Waals surface area contributed by atoms with Crippen LogP contribution in [0.3, 0.4) is 0 Å². The molecule has 0 aliphatic rings. The van der Waals surface area contributed by atoms with Gasteiger partial charge in [-0.05, 0) is 24.6 Å². The molecule has 0 radical (unpaired) electrons. The molecule has 0 aliphatic heterocycles. The number of amides is 2. The number of benzene rings is 2. The lowest BCUT2D eigenvalue weighted by molar-refractivity contribution is -0.126. The molecule has 0 spiro atoms. The van der Waals surface area contributed by atoms with Gasteiger partial charge >= 0.3 is 0 Å². The van der Waals surface area contributed by atoms with Crippen molar-refractivity contribution in [3.8, 4) is 0 Å². The van der Waals surface area contributed by atoms with E-state index in [4.69, 9.17) is 0 Å². The van der Waals surface area contributed by atoms with Gasteiger partial charge in [-0.1, -0.05) is 48.0 Å². The maximum absolute atomic E-state index is 12.4. The molecule has 2 amide bonds. The number of nitrogens with zero attached hydrogens (tertiary/aromatic N) is 1. The van der Waals surface area contributed by atoms with E-state index in [0.29, 0.717) is 12.1 Å². The molecular formula is C17H17NO2. The van der Waals surface area contributed by atoms with Gasteiger partial charge in [0.2, 0.25) is 5.91 Å². The summed E-state index contributed by atoms with van der Waals surface area (Å²) in [6, 6.07) is 16.7. The van der Waals surface area contributed by atoms with E-state index in [1.807, 2.05) is 37.3 Å². The second kappa shape index (κ2) is 6.15. The third-order valence-corrected chi connectivity index (χ3v) is 3.07. The Kier molecular flexibility index (Phi) is 4.31. The zero-order chi connectivity index (χ0) is 14.5. The minimum Gasteiger partial charge on any atom is -0.275 e. The van der Waals surface area contributed by atoms with Crippen molar-refractivity contribution < 1.29 is 9.59 Å². The topological polar surface area (TPSA) is 37.4 Å². The summed E-state index contributed by atoms with van der Waals surface area (Å²) in [5.41, 5.74) is 2.58. The maximum Gasteiger partial charge on any atom is 0.260 e. The van der Waals surface area contributed by atoms with Crippen molar-refractivity contribution in [2.45, 2.75) is 20.4 Å². The first-order chi connectivity index (χ1) is 9.58. The second-order valence-electron chi connectivity index (χ2n) is 4.77. The molecule has 0 saturated heterocycles. The molecule has 0 aliphatic carbocycles. The van der Waals surface area contributed by atoms with Crippen LogP contribution in [-0.2, 0) is 11.3 Å². The molecule has 0 unspecified atom stereocenters. The van der Waals surface area contributed by atoms with Gasteiger partial charge in [-0.2, -0.15) is 0 Å². The normalized spacial score (nSPS) is 10.1. The van der Waals surface area contributed by atoms with E-state index < -0.39 is 0 Å². The fourth-order valence-corrected chi connectivity index (χ4v) is 2.06. The summed E-state index contributed by atoms with van der Waals surface area (Å²) in [7, 11) is 0. The number of imide groups is 1. The van der Waals surface area contributed by atoms with Gasteiger partial charge in [0.25, 0.3) is 5.91 Å². The molecule has 0 N–H and O–H groups in total. The zero-order valence-electron chi connectivity index (χ0n) is 11.7. The van der Waals surface area contributed by atoms with Crippen molar-refractivity contribution in [3.63, 3.8) is 0 Å². The number of hydrogen-bond donors (Lipinski definition) is 0. The fraction of sp³-hybridized carbons (Fsp3) is 0.176. The summed E-state index contributed by atoms with van der Waals surface area (Å²) in [6.45, 7) is 3.70. The first-order valence-electron chi connectivity index (χ1n) is 6.51. The Bertz CT molecular complexity index is 620. The largest absolute Gasteiger partial charge is 0.275 e. The highest BCUT2D eigenvalue weighted by Crippen LogP contribution is 2.12. The molecule has 0 saturated carbocycles. The van der Waals surface area contributed by atoms with Gasteiger partial charge in [-0.3, -0.25) is 14.5 Å². The zero-order valence-corrected chi connectivity index (χ0v) is 11.7. The van der Waals surface area contributed by atoms with E-state index >= 15 is 0 Å². The Balaban J connectivity index is 2.24. The SMILES string of the molecule is CC(=O)N(Cc1cccc(C)c1)C(=O)c1ccccc1. The van der Waals surface area contributed by atoms with E-state index in [9.17, 15) is 9.59 Å². The molecule has 0 aromatic heterocycles. The molecule has 2 rings (SSSR count). The number of aryl methyl sites for hydroxylation is 1. The van der Waals surface area contributed by atoms with Gasteiger partial charge in [0, 0.05) is 12.5 Å². The Labute approximate surface area is 118 Å². The van der Waals surface area contributed by atoms with E-state index in [2.05, 4.69) is 0 Å². The smallest absolute Gasteiger partial charge is 0.260 e. The molecule has 2 aromatic carbocycles. The minimum atomic E-state index is -0.264. The fourth-order valence-electron chi connectivity index (χ4n) is 2.06. The summed E-state index contributed by atoms with van der Waals surface area (Å²) in [4.78, 5) is 25.4. The highest BCUT2D eigenvalue weighted by atomic mass is 16.2. The first-order valence-corrected chi connectivity index (χ1v) is 6.51. The van der Waals surface area contributed by atoms with E-state index in [-0.39, 0.29) is 11.8 Å². The predicted octanol–water partition coefficient (Wildman–Crippen LogP) is 3.18. The van der Waals surface area contributed by atoms with Crippen molar-refractivity contribution in [2.24, 2.45) is 0 Å². The highest BCUT2D eigenvalue weighted by Gasteiger charge is 2.19. The van der Waals surface area contributed by atoms with Crippen LogP contribution in [0, 0.1) is 6.92 Å². The molecule has 3 nitrogen and oxygen atoms in total. The Hall–Kier alpha value is -2.42. The molecule has 20 heavy (non-hydrogen) atoms. The number of carbonyl (C=O) groups is 2. The standard InChI is InChI=1S/C17H17NO2/c1-13-7-6-8-15(11-13)12-18(14(2)19)17(20)16-9-4-3-5-10-16/h3-11H,12H2,1-2H3. The van der Waals surface area contributed by atoms with Crippen molar-refractivity contribution >= 4 is 11.8 Å². The Morgan fingerprint density at radius 3 is 2.30 bits per heavy atom. The van der Waals surface area contributed by atoms with Gasteiger partial charge in [0.15, 0.2) is 0 Å². The average molecular weight is 267 g/mol. The lowest BCUT2D eigenvalue weighted by Gasteiger charge is -2.19. The van der Waals surface area contributed by atoms with Crippen LogP contribution in [-0.4, -0.2) is 16.7 Å². The van der Waals surface area contributed by atoms with Crippen molar-refractivity contribution in [3.05, 3.63) is 71.3 Å². The molecule has 2 aromatic rings. The van der Waals surface area contributed by atoms with Crippen LogP contribution >= 0.6 is 0 Å². The molecule has 0 heterocycles. The highest BCUT2D eigenvalue weighted by molar-refractivity contribution is 6.03. The lowest BCUT2D eigenvalue weighted by atomic mass is 10.1. The Morgan fingerprint density at radius 2 is 1.70 bits per heavy atom. The molecule has 3 heteroatoms. The third-order valence-electron chi connectivity index (χ3n) is 3.07. The monoisotopic (exact) mass is 267 g/mol. The van der Waals surface area contributed by atoms with Crippen LogP contribution in [0.4, 0.5) is 0 Å². The number of rotatable bonds is 3. The number of hydrogen-bond acceptors (Lipinski definition) is 2. The van der Waals surface area contributed by atoms with E-state index in [0.717, 1.165) is 11.1 Å². The third kappa shape index (κ3) is 3.32. The molecule has 0 atom stereocenters. The van der Waals surface area contributed by atoms with Crippen molar-refractivity contribution in [2.75, 3.05) is 0 Å². The van der Waals surface area contributed by atoms with Crippen LogP contribution in [0.1, 0.15) is 28.4 Å². The van der Waals surface area contributed by atoms with Gasteiger partial charge in [-0.25, -0.2) is 0 Å². The predicted molar refractivity (Wildman–Crippen MR) is 78.2 cm³/mol. The molecular weight excluding hydrogens is 250 g/mol. The van der Waals surface area contributed by atoms with Gasteiger partial charge < -0.3 is 0 Å². The van der Waals surface area contributed by atoms with Gasteiger partial charge in [-0.15, -0.1) is 0 Å². The van der Waals surface area contributed by atoms with Gasteiger partial charge in [0.05, 0.1) is 6.54 Å². The quantitative estimate of drug-likeness (QED) is 0.856. The van der Waals surface area contributed by atoms with Crippen molar-refractivity contribution in [1.82, 2.24) is 4.90 Å². The molecule has 0 fully saturated rings. The second-order valence-corrected chi connectivity index (χ2v) is 4.77. The van der Waals surface area contributed by atoms with E-state index in [1.165, 1.54) is 11.8 Å². The summed E-state index contributed by atoms with van der Waals surface area (Å²) in [5, 5.41) is 0. The lowest BCUT2D eigenvalue weighted by Crippen LogP contribution is -2.34. The summed E-state index contributed by atoms with van der Waals surface area (Å²) >= 11 is 0. The van der Waals surface area contributed by atoms with E-state index in [1.54, 1.807) is 24.3 Å². The average Bonchev–Trinajstić information content (AvgIpc) is 2.45. The van der Waals surface area contributed by atoms with Crippen LogP contribution in [0.2, 0.25) is 0 Å². The van der Waals surface area contributed by atoms with Gasteiger partial charge in [0.1, 0.15) is 0 Å². The van der Waals surface area contributed by atoms with Crippen LogP contribution in [0.5, 0.6) is 0 Å². The number of carbonyl (C=O) groups excluding carboxylic acids is 2. The first kappa shape index (κ1) is 14.0. The summed E-state index contributed by atoms with van der Waals surface area (Å²) < 4.78 is 0. The van der Waals surface area contributed by atoms with Crippen LogP contribution < -0.4 is 0 Å². The Morgan fingerprint density at radius 1 is 1.00 bits per heavy atom. The maximum atomic E-state index is 12.4. The molecule has 102 valence electrons. The van der Waals surface area contributed by atoms with Crippen LogP contribution in [0.25, 0.3) is 0 Å². The summed E-state index contributed by atoms with van der Waals surface area (Å²) in [5.74, 6) is -0.514. The summed E-state index contributed by atoms with van der Waals surface area (Å²) in [6.07, 6.45) is 0. The molecule has 0 bridgehead atoms. The van der Waals surface area contributed by atoms with Crippen molar-refractivity contribution in [1.29, 1.82) is 0 Å². The minimum absolute atomic E-state index is 0.250.